The molecule has 4 rings (SSSR count). The van der Waals surface area contributed by atoms with E-state index in [0.717, 1.165) is 9.78 Å². The van der Waals surface area contributed by atoms with Crippen LogP contribution in [0.25, 0.3) is 0 Å². The van der Waals surface area contributed by atoms with Gasteiger partial charge in [0, 0.05) is 10.9 Å². The van der Waals surface area contributed by atoms with Gasteiger partial charge in [-0.3, -0.25) is 19.3 Å². The van der Waals surface area contributed by atoms with Gasteiger partial charge < -0.3 is 5.32 Å². The first-order chi connectivity index (χ1) is 12.6. The number of fused-ring (bicyclic) bond motifs is 1. The molecule has 1 saturated heterocycles. The summed E-state index contributed by atoms with van der Waals surface area (Å²) in [6.07, 6.45) is 6.61. The molecule has 0 aromatic carbocycles. The van der Waals surface area contributed by atoms with Crippen LogP contribution in [-0.4, -0.2) is 38.9 Å². The van der Waals surface area contributed by atoms with Crippen molar-refractivity contribution in [2.75, 3.05) is 11.9 Å². The predicted molar refractivity (Wildman–Crippen MR) is 96.4 cm³/mol. The first-order valence-electron chi connectivity index (χ1n) is 8.48. The number of anilines is 1. The highest BCUT2D eigenvalue weighted by Gasteiger charge is 2.47. The van der Waals surface area contributed by atoms with Crippen molar-refractivity contribution in [2.24, 2.45) is 11.8 Å². The predicted octanol–water partition coefficient (Wildman–Crippen LogP) is 1.88. The zero-order chi connectivity index (χ0) is 18.1. The number of amides is 3. The Balaban J connectivity index is 1.41. The topological polar surface area (TPSA) is 84.3 Å². The van der Waals surface area contributed by atoms with Crippen molar-refractivity contribution in [1.29, 1.82) is 0 Å². The molecule has 7 nitrogen and oxygen atoms in total. The largest absolute Gasteiger partial charge is 0.309 e. The quantitative estimate of drug-likeness (QED) is 0.643. The van der Waals surface area contributed by atoms with Gasteiger partial charge in [0.25, 0.3) is 0 Å². The number of aromatic nitrogens is 2. The summed E-state index contributed by atoms with van der Waals surface area (Å²) < 4.78 is 1.68. The molecule has 0 radical (unpaired) electrons. The average molecular weight is 370 g/mol. The van der Waals surface area contributed by atoms with Crippen LogP contribution in [0.1, 0.15) is 17.7 Å². The average Bonchev–Trinajstić information content (AvgIpc) is 3.35. The standard InChI is InChI=1S/C18H18N4O3S/c23-16(11-21-17(24)13-5-1-2-6-14(13)18(21)25)20-15-7-8-19-22(15)10-12-4-3-9-26-12/h1-4,7-9,13-14H,5-6,10-11H2,(H,20,23)/t13-,14-/m1/s1. The monoisotopic (exact) mass is 370 g/mol. The Bertz CT molecular complexity index is 845. The van der Waals surface area contributed by atoms with E-state index in [1.165, 1.54) is 0 Å². The zero-order valence-electron chi connectivity index (χ0n) is 14.0. The molecule has 134 valence electrons. The number of carbonyl (C=O) groups is 3. The van der Waals surface area contributed by atoms with E-state index < -0.39 is 5.91 Å². The number of allylic oxidation sites excluding steroid dienone is 2. The van der Waals surface area contributed by atoms with Gasteiger partial charge in [-0.15, -0.1) is 11.3 Å². The summed E-state index contributed by atoms with van der Waals surface area (Å²) in [5.74, 6) is -0.972. The van der Waals surface area contributed by atoms with Crippen LogP contribution >= 0.6 is 11.3 Å². The zero-order valence-corrected chi connectivity index (χ0v) is 14.8. The maximum atomic E-state index is 12.4. The van der Waals surface area contributed by atoms with Gasteiger partial charge in [-0.1, -0.05) is 18.2 Å². The van der Waals surface area contributed by atoms with Crippen molar-refractivity contribution in [2.45, 2.75) is 19.4 Å². The van der Waals surface area contributed by atoms with Crippen LogP contribution in [0.3, 0.4) is 0 Å². The Morgan fingerprint density at radius 3 is 2.58 bits per heavy atom. The van der Waals surface area contributed by atoms with Crippen LogP contribution in [0.4, 0.5) is 5.82 Å². The van der Waals surface area contributed by atoms with Crippen molar-refractivity contribution in [1.82, 2.24) is 14.7 Å². The van der Waals surface area contributed by atoms with Crippen molar-refractivity contribution in [3.63, 3.8) is 0 Å². The molecular formula is C18H18N4O3S. The minimum absolute atomic E-state index is 0.244. The van der Waals surface area contributed by atoms with Crippen LogP contribution < -0.4 is 5.32 Å². The van der Waals surface area contributed by atoms with Gasteiger partial charge in [0.1, 0.15) is 12.4 Å². The third kappa shape index (κ3) is 3.08. The molecule has 26 heavy (non-hydrogen) atoms. The molecule has 8 heteroatoms. The second-order valence-electron chi connectivity index (χ2n) is 6.42. The van der Waals surface area contributed by atoms with Crippen LogP contribution in [0.5, 0.6) is 0 Å². The van der Waals surface area contributed by atoms with Crippen LogP contribution in [0.15, 0.2) is 41.9 Å². The first kappa shape index (κ1) is 16.7. The number of imide groups is 1. The van der Waals surface area contributed by atoms with Gasteiger partial charge in [-0.2, -0.15) is 5.10 Å². The first-order valence-corrected chi connectivity index (χ1v) is 9.35. The molecule has 1 aliphatic heterocycles. The summed E-state index contributed by atoms with van der Waals surface area (Å²) in [6.45, 7) is 0.298. The number of nitrogens with one attached hydrogen (secondary N) is 1. The smallest absolute Gasteiger partial charge is 0.245 e. The Kier molecular flexibility index (Phi) is 4.42. The lowest BCUT2D eigenvalue weighted by atomic mass is 9.85. The number of hydrogen-bond acceptors (Lipinski definition) is 5. The number of rotatable bonds is 5. The molecule has 1 aliphatic carbocycles. The summed E-state index contributed by atoms with van der Waals surface area (Å²) in [5.41, 5.74) is 0. The second kappa shape index (κ2) is 6.87. The molecule has 2 aromatic heterocycles. The normalized spacial score (nSPS) is 21.9. The lowest BCUT2D eigenvalue weighted by Gasteiger charge is -2.15. The van der Waals surface area contributed by atoms with Gasteiger partial charge in [0.15, 0.2) is 0 Å². The van der Waals surface area contributed by atoms with Crippen molar-refractivity contribution < 1.29 is 14.4 Å². The van der Waals surface area contributed by atoms with Crippen molar-refractivity contribution in [3.05, 3.63) is 46.8 Å². The van der Waals surface area contributed by atoms with Crippen LogP contribution in [0, 0.1) is 11.8 Å². The van der Waals surface area contributed by atoms with E-state index in [1.54, 1.807) is 28.3 Å². The molecule has 3 amide bonds. The Morgan fingerprint density at radius 2 is 1.92 bits per heavy atom. The van der Waals surface area contributed by atoms with E-state index >= 15 is 0 Å². The summed E-state index contributed by atoms with van der Waals surface area (Å²) in [7, 11) is 0. The van der Waals surface area contributed by atoms with Gasteiger partial charge in [0.2, 0.25) is 17.7 Å². The minimum Gasteiger partial charge on any atom is -0.309 e. The molecule has 2 atom stereocenters. The summed E-state index contributed by atoms with van der Waals surface area (Å²) >= 11 is 1.61. The van der Waals surface area contributed by atoms with E-state index in [0.29, 0.717) is 25.2 Å². The Morgan fingerprint density at radius 1 is 1.19 bits per heavy atom. The number of likely N-dealkylation sites (tertiary alicyclic amines) is 1. The molecule has 0 spiro atoms. The van der Waals surface area contributed by atoms with E-state index in [1.807, 2.05) is 29.7 Å². The maximum Gasteiger partial charge on any atom is 0.245 e. The molecule has 1 fully saturated rings. The fourth-order valence-electron chi connectivity index (χ4n) is 3.47. The summed E-state index contributed by atoms with van der Waals surface area (Å²) in [4.78, 5) is 39.5. The minimum atomic E-state index is -0.397. The highest BCUT2D eigenvalue weighted by Crippen LogP contribution is 2.34. The molecule has 3 heterocycles. The summed E-state index contributed by atoms with van der Waals surface area (Å²) in [6, 6.07) is 5.65. The maximum absolute atomic E-state index is 12.4. The molecule has 2 aromatic rings. The van der Waals surface area contributed by atoms with Gasteiger partial charge in [0.05, 0.1) is 24.6 Å². The van der Waals surface area contributed by atoms with Crippen molar-refractivity contribution >= 4 is 34.9 Å². The highest BCUT2D eigenvalue weighted by molar-refractivity contribution is 7.09. The number of thiophene rings is 1. The van der Waals surface area contributed by atoms with E-state index in [2.05, 4.69) is 10.4 Å². The van der Waals surface area contributed by atoms with Crippen molar-refractivity contribution in [3.8, 4) is 0 Å². The van der Waals surface area contributed by atoms with E-state index in [-0.39, 0.29) is 30.2 Å². The fraction of sp³-hybridized carbons (Fsp3) is 0.333. The lowest BCUT2D eigenvalue weighted by molar-refractivity contribution is -0.142. The molecule has 2 aliphatic rings. The molecule has 0 saturated carbocycles. The van der Waals surface area contributed by atoms with E-state index in [9.17, 15) is 14.4 Å². The third-order valence-electron chi connectivity index (χ3n) is 4.77. The van der Waals surface area contributed by atoms with Crippen LogP contribution in [-0.2, 0) is 20.9 Å². The van der Waals surface area contributed by atoms with Gasteiger partial charge in [-0.25, -0.2) is 4.68 Å². The van der Waals surface area contributed by atoms with E-state index in [4.69, 9.17) is 0 Å². The molecule has 1 N–H and O–H groups in total. The lowest BCUT2D eigenvalue weighted by Crippen LogP contribution is -2.38. The summed E-state index contributed by atoms with van der Waals surface area (Å²) in [5, 5.41) is 8.96. The third-order valence-corrected chi connectivity index (χ3v) is 5.63. The highest BCUT2D eigenvalue weighted by atomic mass is 32.1. The number of hydrogen-bond donors (Lipinski definition) is 1. The fourth-order valence-corrected chi connectivity index (χ4v) is 4.15. The molecule has 0 unspecified atom stereocenters. The Labute approximate surface area is 154 Å². The number of nitrogens with zero attached hydrogens (tertiary/aromatic N) is 3. The van der Waals surface area contributed by atoms with Gasteiger partial charge >= 0.3 is 0 Å². The van der Waals surface area contributed by atoms with Crippen LogP contribution in [0.2, 0.25) is 0 Å². The second-order valence-corrected chi connectivity index (χ2v) is 7.45. The van der Waals surface area contributed by atoms with Gasteiger partial charge in [-0.05, 0) is 24.3 Å². The Hall–Kier alpha value is -2.74. The SMILES string of the molecule is O=C(CN1C(=O)[C@@H]2CC=CC[C@H]2C1=O)Nc1ccnn1Cc1cccs1. The molecular weight excluding hydrogens is 352 g/mol. The number of carbonyl (C=O) groups excluding carboxylic acids is 3. The molecule has 0 bridgehead atoms.